The number of aromatic hydroxyl groups is 1. The third-order valence-electron chi connectivity index (χ3n) is 3.91. The molecule has 1 rings (SSSR count). The van der Waals surface area contributed by atoms with Crippen molar-refractivity contribution in [2.24, 2.45) is 5.92 Å². The summed E-state index contributed by atoms with van der Waals surface area (Å²) in [7, 11) is 0. The molecule has 0 amide bonds. The highest BCUT2D eigenvalue weighted by Gasteiger charge is 2.26. The van der Waals surface area contributed by atoms with Gasteiger partial charge in [0.25, 0.3) is 0 Å². The second-order valence-electron chi connectivity index (χ2n) is 8.38. The van der Waals surface area contributed by atoms with Crippen LogP contribution in [0.25, 0.3) is 0 Å². The first-order chi connectivity index (χ1) is 9.96. The van der Waals surface area contributed by atoms with E-state index in [9.17, 15) is 5.11 Å². The summed E-state index contributed by atoms with van der Waals surface area (Å²) in [6.45, 7) is 17.1. The number of benzene rings is 1. The number of hydrogen-bond donors (Lipinski definition) is 1. The molecular formula is C21H32O. The molecule has 0 saturated carbocycles. The van der Waals surface area contributed by atoms with Gasteiger partial charge in [-0.05, 0) is 29.4 Å². The predicted molar refractivity (Wildman–Crippen MR) is 96.5 cm³/mol. The lowest BCUT2D eigenvalue weighted by Crippen LogP contribution is -2.17. The van der Waals surface area contributed by atoms with E-state index in [1.807, 2.05) is 0 Å². The van der Waals surface area contributed by atoms with Crippen molar-refractivity contribution in [1.82, 2.24) is 0 Å². The highest BCUT2D eigenvalue weighted by atomic mass is 16.3. The fraction of sp³-hybridized carbons (Fsp3) is 0.619. The van der Waals surface area contributed by atoms with Gasteiger partial charge in [-0.3, -0.25) is 0 Å². The average Bonchev–Trinajstić information content (AvgIpc) is 2.35. The van der Waals surface area contributed by atoms with Crippen LogP contribution in [0.1, 0.15) is 84.9 Å². The van der Waals surface area contributed by atoms with E-state index in [2.05, 4.69) is 79.4 Å². The van der Waals surface area contributed by atoms with Gasteiger partial charge in [0.05, 0.1) is 0 Å². The summed E-state index contributed by atoms with van der Waals surface area (Å²) in [5.41, 5.74) is 2.77. The third kappa shape index (κ3) is 4.80. The van der Waals surface area contributed by atoms with Crippen LogP contribution in [0, 0.1) is 17.8 Å². The van der Waals surface area contributed by atoms with Crippen LogP contribution in [0.5, 0.6) is 5.75 Å². The Morgan fingerprint density at radius 3 is 1.82 bits per heavy atom. The van der Waals surface area contributed by atoms with Crippen molar-refractivity contribution in [3.05, 3.63) is 28.8 Å². The molecule has 0 aromatic heterocycles. The van der Waals surface area contributed by atoms with Crippen molar-refractivity contribution in [3.8, 4) is 17.6 Å². The summed E-state index contributed by atoms with van der Waals surface area (Å²) >= 11 is 0. The average molecular weight is 300 g/mol. The molecule has 1 aromatic carbocycles. The van der Waals surface area contributed by atoms with Crippen molar-refractivity contribution in [2.75, 3.05) is 0 Å². The Morgan fingerprint density at radius 2 is 1.45 bits per heavy atom. The SMILES string of the molecule is CCC[C@@H](C)C#Cc1cc(C(C)(C)C)c(O)c(C(C)(C)C)c1. The highest BCUT2D eigenvalue weighted by Crippen LogP contribution is 2.39. The fourth-order valence-electron chi connectivity index (χ4n) is 2.56. The summed E-state index contributed by atoms with van der Waals surface area (Å²) in [4.78, 5) is 0. The molecule has 0 unspecified atom stereocenters. The molecule has 1 heteroatoms. The summed E-state index contributed by atoms with van der Waals surface area (Å²) in [5, 5.41) is 10.7. The topological polar surface area (TPSA) is 20.2 Å². The smallest absolute Gasteiger partial charge is 0.123 e. The lowest BCUT2D eigenvalue weighted by molar-refractivity contribution is 0.423. The maximum atomic E-state index is 10.7. The van der Waals surface area contributed by atoms with Gasteiger partial charge >= 0.3 is 0 Å². The monoisotopic (exact) mass is 300 g/mol. The fourth-order valence-corrected chi connectivity index (χ4v) is 2.56. The Hall–Kier alpha value is -1.42. The molecule has 122 valence electrons. The third-order valence-corrected chi connectivity index (χ3v) is 3.91. The lowest BCUT2D eigenvalue weighted by Gasteiger charge is -2.27. The van der Waals surface area contributed by atoms with Gasteiger partial charge in [0.1, 0.15) is 5.75 Å². The van der Waals surface area contributed by atoms with Crippen molar-refractivity contribution < 1.29 is 5.11 Å². The molecule has 1 aromatic rings. The first-order valence-corrected chi connectivity index (χ1v) is 8.36. The normalized spacial score (nSPS) is 13.5. The molecule has 0 fully saturated rings. The standard InChI is InChI=1S/C21H32O/c1-9-10-15(2)11-12-16-13-17(20(3,4)5)19(22)18(14-16)21(6,7)8/h13-15,22H,9-10H2,1-8H3/t15-/m1/s1. The van der Waals surface area contributed by atoms with E-state index in [4.69, 9.17) is 0 Å². The molecule has 1 atom stereocenters. The quantitative estimate of drug-likeness (QED) is 0.687. The maximum Gasteiger partial charge on any atom is 0.123 e. The Balaban J connectivity index is 3.42. The molecule has 0 saturated heterocycles. The van der Waals surface area contributed by atoms with Crippen LogP contribution in [0.4, 0.5) is 0 Å². The van der Waals surface area contributed by atoms with E-state index in [0.29, 0.717) is 11.7 Å². The van der Waals surface area contributed by atoms with E-state index in [1.54, 1.807) is 0 Å². The number of rotatable bonds is 2. The van der Waals surface area contributed by atoms with Gasteiger partial charge in [0, 0.05) is 22.6 Å². The van der Waals surface area contributed by atoms with E-state index in [0.717, 1.165) is 29.5 Å². The Bertz CT molecular complexity index is 536. The molecule has 1 N–H and O–H groups in total. The largest absolute Gasteiger partial charge is 0.507 e. The molecule has 0 radical (unpaired) electrons. The molecule has 0 heterocycles. The van der Waals surface area contributed by atoms with Crippen molar-refractivity contribution in [3.63, 3.8) is 0 Å². The first-order valence-electron chi connectivity index (χ1n) is 8.36. The zero-order chi connectivity index (χ0) is 17.1. The summed E-state index contributed by atoms with van der Waals surface area (Å²) in [6.07, 6.45) is 2.29. The van der Waals surface area contributed by atoms with Gasteiger partial charge in [0.2, 0.25) is 0 Å². The van der Waals surface area contributed by atoms with Crippen LogP contribution in [-0.4, -0.2) is 5.11 Å². The molecule has 0 aliphatic heterocycles. The van der Waals surface area contributed by atoms with Crippen LogP contribution in [0.3, 0.4) is 0 Å². The van der Waals surface area contributed by atoms with E-state index in [-0.39, 0.29) is 10.8 Å². The summed E-state index contributed by atoms with van der Waals surface area (Å²) in [6, 6.07) is 4.10. The van der Waals surface area contributed by atoms with E-state index in [1.165, 1.54) is 0 Å². The van der Waals surface area contributed by atoms with Gasteiger partial charge < -0.3 is 5.11 Å². The van der Waals surface area contributed by atoms with Gasteiger partial charge in [-0.1, -0.05) is 73.7 Å². The second kappa shape index (κ2) is 6.78. The Morgan fingerprint density at radius 1 is 1.00 bits per heavy atom. The van der Waals surface area contributed by atoms with Gasteiger partial charge in [0.15, 0.2) is 0 Å². The maximum absolute atomic E-state index is 10.7. The van der Waals surface area contributed by atoms with Crippen LogP contribution in [-0.2, 0) is 10.8 Å². The summed E-state index contributed by atoms with van der Waals surface area (Å²) < 4.78 is 0. The number of phenols is 1. The Labute approximate surface area is 137 Å². The van der Waals surface area contributed by atoms with E-state index >= 15 is 0 Å². The first kappa shape index (κ1) is 18.6. The zero-order valence-electron chi connectivity index (χ0n) is 15.6. The summed E-state index contributed by atoms with van der Waals surface area (Å²) in [5.74, 6) is 7.50. The second-order valence-corrected chi connectivity index (χ2v) is 8.38. The van der Waals surface area contributed by atoms with Crippen LogP contribution < -0.4 is 0 Å². The number of phenolic OH excluding ortho intramolecular Hbond substituents is 1. The van der Waals surface area contributed by atoms with Crippen molar-refractivity contribution in [2.45, 2.75) is 79.1 Å². The van der Waals surface area contributed by atoms with Crippen LogP contribution in [0.2, 0.25) is 0 Å². The Kier molecular flexibility index (Phi) is 5.74. The molecule has 1 nitrogen and oxygen atoms in total. The highest BCUT2D eigenvalue weighted by molar-refractivity contribution is 5.53. The van der Waals surface area contributed by atoms with Gasteiger partial charge in [-0.25, -0.2) is 0 Å². The minimum absolute atomic E-state index is 0.100. The van der Waals surface area contributed by atoms with Gasteiger partial charge in [-0.15, -0.1) is 0 Å². The van der Waals surface area contributed by atoms with Crippen molar-refractivity contribution >= 4 is 0 Å². The molecular weight excluding hydrogens is 268 g/mol. The van der Waals surface area contributed by atoms with Crippen LogP contribution in [0.15, 0.2) is 12.1 Å². The van der Waals surface area contributed by atoms with E-state index < -0.39 is 0 Å². The van der Waals surface area contributed by atoms with Crippen molar-refractivity contribution in [1.29, 1.82) is 0 Å². The van der Waals surface area contributed by atoms with Crippen LogP contribution >= 0.6 is 0 Å². The minimum atomic E-state index is -0.100. The lowest BCUT2D eigenvalue weighted by atomic mass is 9.78. The minimum Gasteiger partial charge on any atom is -0.507 e. The van der Waals surface area contributed by atoms with Gasteiger partial charge in [-0.2, -0.15) is 0 Å². The molecule has 22 heavy (non-hydrogen) atoms. The molecule has 0 aliphatic rings. The molecule has 0 aliphatic carbocycles. The number of hydrogen-bond acceptors (Lipinski definition) is 1. The molecule has 0 spiro atoms. The molecule has 0 bridgehead atoms. The zero-order valence-corrected chi connectivity index (χ0v) is 15.6. The predicted octanol–water partition coefficient (Wildman–Crippen LogP) is 5.77.